The summed E-state index contributed by atoms with van der Waals surface area (Å²) in [6.45, 7) is 1.95. The van der Waals surface area contributed by atoms with Crippen molar-refractivity contribution in [2.24, 2.45) is 17.8 Å². The van der Waals surface area contributed by atoms with Gasteiger partial charge in [-0.25, -0.2) is 0 Å². The van der Waals surface area contributed by atoms with Crippen molar-refractivity contribution in [2.75, 3.05) is 5.75 Å². The topological polar surface area (TPSA) is 71.8 Å². The summed E-state index contributed by atoms with van der Waals surface area (Å²) in [5.74, 6) is 3.77. The number of nitrogens with zero attached hydrogens (tertiary/aromatic N) is 2. The molecule has 4 fully saturated rings. The maximum absolute atomic E-state index is 12.9. The summed E-state index contributed by atoms with van der Waals surface area (Å²) in [5.41, 5.74) is 2.80. The molecule has 0 saturated heterocycles. The zero-order chi connectivity index (χ0) is 19.6. The lowest BCUT2D eigenvalue weighted by Gasteiger charge is -2.55. The van der Waals surface area contributed by atoms with Crippen LogP contribution in [-0.4, -0.2) is 26.7 Å². The predicted octanol–water partition coefficient (Wildman–Crippen LogP) is 5.30. The van der Waals surface area contributed by atoms with Gasteiger partial charge in [0.25, 0.3) is 5.22 Å². The van der Waals surface area contributed by atoms with Crippen LogP contribution in [0.25, 0.3) is 10.9 Å². The molecule has 0 amide bonds. The van der Waals surface area contributed by atoms with Crippen LogP contribution in [0, 0.1) is 24.7 Å². The summed E-state index contributed by atoms with van der Waals surface area (Å²) in [5, 5.41) is 10.3. The van der Waals surface area contributed by atoms with E-state index in [4.69, 9.17) is 4.42 Å². The van der Waals surface area contributed by atoms with Crippen LogP contribution >= 0.6 is 11.8 Å². The monoisotopic (exact) mass is 407 g/mol. The second-order valence-corrected chi connectivity index (χ2v) is 10.4. The number of para-hydroxylation sites is 1. The van der Waals surface area contributed by atoms with Crippen LogP contribution in [0.5, 0.6) is 0 Å². The van der Waals surface area contributed by atoms with Gasteiger partial charge in [-0.3, -0.25) is 4.79 Å². The van der Waals surface area contributed by atoms with Gasteiger partial charge in [0.05, 0.1) is 5.75 Å². The standard InChI is InChI=1S/C23H25N3O2S/c1-13-20(17-4-2-3-5-18(17)24-13)19(27)12-29-22-26-25-21(28-22)23-9-14-6-15(10-23)8-16(7-14)11-23/h2-5,14-16,24H,6-12H2,1H3. The third-order valence-electron chi connectivity index (χ3n) is 7.40. The molecule has 0 unspecified atom stereocenters. The van der Waals surface area contributed by atoms with Crippen molar-refractivity contribution in [3.63, 3.8) is 0 Å². The van der Waals surface area contributed by atoms with Crippen LogP contribution < -0.4 is 0 Å². The fourth-order valence-electron chi connectivity index (χ4n) is 6.69. The Morgan fingerprint density at radius 1 is 1.14 bits per heavy atom. The number of carbonyl (C=O) groups excluding carboxylic acids is 1. The van der Waals surface area contributed by atoms with Gasteiger partial charge >= 0.3 is 0 Å². The Morgan fingerprint density at radius 2 is 1.83 bits per heavy atom. The number of rotatable bonds is 5. The highest BCUT2D eigenvalue weighted by atomic mass is 32.2. The zero-order valence-corrected chi connectivity index (χ0v) is 17.4. The number of carbonyl (C=O) groups is 1. The normalized spacial score (nSPS) is 30.3. The number of hydrogen-bond acceptors (Lipinski definition) is 5. The second kappa shape index (κ2) is 6.46. The fraction of sp³-hybridized carbons (Fsp3) is 0.522. The van der Waals surface area contributed by atoms with E-state index in [0.29, 0.717) is 11.0 Å². The van der Waals surface area contributed by atoms with Gasteiger partial charge < -0.3 is 9.40 Å². The van der Waals surface area contributed by atoms with Gasteiger partial charge in [-0.05, 0) is 69.3 Å². The highest BCUT2D eigenvalue weighted by Crippen LogP contribution is 2.60. The van der Waals surface area contributed by atoms with E-state index in [-0.39, 0.29) is 11.2 Å². The van der Waals surface area contributed by atoms with Crippen molar-refractivity contribution in [3.8, 4) is 0 Å². The minimum atomic E-state index is 0.0968. The van der Waals surface area contributed by atoms with Crippen LogP contribution in [0.2, 0.25) is 0 Å². The average molecular weight is 408 g/mol. The Kier molecular flexibility index (Phi) is 3.95. The number of nitrogens with one attached hydrogen (secondary N) is 1. The lowest BCUT2D eigenvalue weighted by atomic mass is 9.49. The molecule has 2 aromatic heterocycles. The fourth-order valence-corrected chi connectivity index (χ4v) is 7.33. The maximum atomic E-state index is 12.9. The number of Topliss-reactive ketones (excluding diaryl/α,β-unsaturated/α-hetero) is 1. The van der Waals surface area contributed by atoms with Crippen molar-refractivity contribution in [2.45, 2.75) is 56.1 Å². The first-order valence-corrected chi connectivity index (χ1v) is 11.7. The van der Waals surface area contributed by atoms with Crippen LogP contribution in [0.3, 0.4) is 0 Å². The summed E-state index contributed by atoms with van der Waals surface area (Å²) in [4.78, 5) is 16.2. The van der Waals surface area contributed by atoms with Crippen molar-refractivity contribution in [3.05, 3.63) is 41.4 Å². The van der Waals surface area contributed by atoms with Gasteiger partial charge in [-0.15, -0.1) is 10.2 Å². The van der Waals surface area contributed by atoms with Gasteiger partial charge in [0.1, 0.15) is 0 Å². The largest absolute Gasteiger partial charge is 0.415 e. The summed E-state index contributed by atoms with van der Waals surface area (Å²) in [6, 6.07) is 7.94. The van der Waals surface area contributed by atoms with Crippen LogP contribution in [0.4, 0.5) is 0 Å². The molecule has 4 saturated carbocycles. The van der Waals surface area contributed by atoms with E-state index in [1.54, 1.807) is 0 Å². The van der Waals surface area contributed by atoms with Crippen LogP contribution in [-0.2, 0) is 5.41 Å². The number of aryl methyl sites for hydroxylation is 1. The molecule has 29 heavy (non-hydrogen) atoms. The maximum Gasteiger partial charge on any atom is 0.277 e. The van der Waals surface area contributed by atoms with Gasteiger partial charge in [0.2, 0.25) is 5.89 Å². The molecule has 4 aliphatic carbocycles. The molecule has 1 N–H and O–H groups in total. The van der Waals surface area contributed by atoms with Gasteiger partial charge in [0, 0.05) is 27.6 Å². The number of thioether (sulfide) groups is 1. The van der Waals surface area contributed by atoms with Crippen LogP contribution in [0.15, 0.2) is 33.9 Å². The Bertz CT molecular complexity index is 1060. The van der Waals surface area contributed by atoms with E-state index in [1.807, 2.05) is 31.2 Å². The first kappa shape index (κ1) is 17.8. The van der Waals surface area contributed by atoms with Gasteiger partial charge in [-0.2, -0.15) is 0 Å². The Hall–Kier alpha value is -2.08. The lowest BCUT2D eigenvalue weighted by Crippen LogP contribution is -2.48. The van der Waals surface area contributed by atoms with Gasteiger partial charge in [-0.1, -0.05) is 30.0 Å². The summed E-state index contributed by atoms with van der Waals surface area (Å²) in [7, 11) is 0. The number of aromatic amines is 1. The highest BCUT2D eigenvalue weighted by molar-refractivity contribution is 7.99. The molecular weight excluding hydrogens is 382 g/mol. The minimum absolute atomic E-state index is 0.0968. The molecule has 2 heterocycles. The smallest absolute Gasteiger partial charge is 0.277 e. The molecule has 0 radical (unpaired) electrons. The van der Waals surface area contributed by atoms with E-state index >= 15 is 0 Å². The number of fused-ring (bicyclic) bond motifs is 1. The number of aromatic nitrogens is 3. The quantitative estimate of drug-likeness (QED) is 0.459. The Labute approximate surface area is 174 Å². The number of benzene rings is 1. The molecule has 4 bridgehead atoms. The zero-order valence-electron chi connectivity index (χ0n) is 16.6. The molecule has 0 spiro atoms. The average Bonchev–Trinajstić information content (AvgIpc) is 3.29. The van der Waals surface area contributed by atoms with E-state index in [0.717, 1.165) is 45.8 Å². The first-order valence-electron chi connectivity index (χ1n) is 10.7. The first-order chi connectivity index (χ1) is 14.1. The molecule has 7 rings (SSSR count). The van der Waals surface area contributed by atoms with Crippen molar-refractivity contribution in [1.29, 1.82) is 0 Å². The second-order valence-electron chi connectivity index (χ2n) is 9.45. The SMILES string of the molecule is Cc1[nH]c2ccccc2c1C(=O)CSc1nnc(C23CC4CC(CC(C4)C2)C3)o1. The molecule has 4 aliphatic rings. The predicted molar refractivity (Wildman–Crippen MR) is 112 cm³/mol. The molecule has 0 atom stereocenters. The Balaban J connectivity index is 1.19. The molecule has 3 aromatic rings. The Morgan fingerprint density at radius 3 is 2.55 bits per heavy atom. The van der Waals surface area contributed by atoms with Crippen molar-refractivity contribution >= 4 is 28.4 Å². The number of H-pyrrole nitrogens is 1. The minimum Gasteiger partial charge on any atom is -0.415 e. The molecule has 5 nitrogen and oxygen atoms in total. The summed E-state index contributed by atoms with van der Waals surface area (Å²) < 4.78 is 6.13. The third-order valence-corrected chi connectivity index (χ3v) is 8.22. The number of hydrogen-bond donors (Lipinski definition) is 1. The van der Waals surface area contributed by atoms with E-state index in [9.17, 15) is 4.79 Å². The van der Waals surface area contributed by atoms with E-state index in [1.165, 1.54) is 50.3 Å². The lowest BCUT2D eigenvalue weighted by molar-refractivity contribution is -0.0191. The molecule has 1 aromatic carbocycles. The summed E-state index contributed by atoms with van der Waals surface area (Å²) in [6.07, 6.45) is 7.81. The highest BCUT2D eigenvalue weighted by Gasteiger charge is 2.54. The summed E-state index contributed by atoms with van der Waals surface area (Å²) >= 11 is 1.37. The molecular formula is C23H25N3O2S. The molecule has 150 valence electrons. The van der Waals surface area contributed by atoms with Gasteiger partial charge in [0.15, 0.2) is 5.78 Å². The van der Waals surface area contributed by atoms with Crippen LogP contribution in [0.1, 0.15) is 60.5 Å². The van der Waals surface area contributed by atoms with Crippen molar-refractivity contribution < 1.29 is 9.21 Å². The van der Waals surface area contributed by atoms with Crippen molar-refractivity contribution in [1.82, 2.24) is 15.2 Å². The molecule has 0 aliphatic heterocycles. The molecule has 6 heteroatoms. The third kappa shape index (κ3) is 2.87. The van der Waals surface area contributed by atoms with E-state index < -0.39 is 0 Å². The number of ketones is 1. The van der Waals surface area contributed by atoms with E-state index in [2.05, 4.69) is 15.2 Å².